The molecule has 1 aromatic carbocycles. The van der Waals surface area contributed by atoms with Gasteiger partial charge in [-0.15, -0.1) is 11.3 Å². The summed E-state index contributed by atoms with van der Waals surface area (Å²) in [6.45, 7) is 0.00647. The Balaban J connectivity index is 1.68. The Morgan fingerprint density at radius 3 is 2.62 bits per heavy atom. The molecule has 2 heterocycles. The van der Waals surface area contributed by atoms with E-state index in [1.807, 2.05) is 0 Å². The van der Waals surface area contributed by atoms with Crippen molar-refractivity contribution in [3.05, 3.63) is 70.6 Å². The van der Waals surface area contributed by atoms with Crippen molar-refractivity contribution in [1.29, 1.82) is 0 Å². The molecule has 0 saturated carbocycles. The summed E-state index contributed by atoms with van der Waals surface area (Å²) in [5, 5.41) is 2.63. The first kappa shape index (κ1) is 17.9. The number of halogens is 3. The number of hydrogen-bond acceptors (Lipinski definition) is 4. The van der Waals surface area contributed by atoms with Gasteiger partial charge >= 0.3 is 6.18 Å². The lowest BCUT2D eigenvalue weighted by Gasteiger charge is -2.09. The van der Waals surface area contributed by atoms with Crippen molar-refractivity contribution >= 4 is 23.1 Å². The van der Waals surface area contributed by atoms with E-state index in [2.05, 4.69) is 10.3 Å². The first-order valence-corrected chi connectivity index (χ1v) is 8.41. The number of hydrogen-bond donors (Lipinski definition) is 2. The maximum atomic E-state index is 12.7. The van der Waals surface area contributed by atoms with Gasteiger partial charge in [0.1, 0.15) is 5.82 Å². The average Bonchev–Trinajstić information content (AvgIpc) is 3.09. The lowest BCUT2D eigenvalue weighted by molar-refractivity contribution is -0.137. The number of nitrogens with zero attached hydrogens (tertiary/aromatic N) is 1. The predicted octanol–water partition coefficient (Wildman–Crippen LogP) is 4.34. The van der Waals surface area contributed by atoms with Crippen molar-refractivity contribution in [2.24, 2.45) is 0 Å². The number of carbonyl (C=O) groups excluding carboxylic acids is 1. The minimum absolute atomic E-state index is 0.00647. The van der Waals surface area contributed by atoms with E-state index in [4.69, 9.17) is 5.73 Å². The second kappa shape index (κ2) is 7.17. The summed E-state index contributed by atoms with van der Waals surface area (Å²) in [7, 11) is 0. The summed E-state index contributed by atoms with van der Waals surface area (Å²) in [6, 6.07) is 13.5. The molecular weight excluding hydrogens is 363 g/mol. The van der Waals surface area contributed by atoms with E-state index in [0.29, 0.717) is 22.0 Å². The molecule has 0 aliphatic carbocycles. The zero-order chi connectivity index (χ0) is 18.7. The quantitative estimate of drug-likeness (QED) is 0.711. The van der Waals surface area contributed by atoms with Crippen LogP contribution >= 0.6 is 11.3 Å². The topological polar surface area (TPSA) is 68.0 Å². The number of nitrogens with one attached hydrogen (secondary N) is 1. The number of aromatic nitrogens is 1. The molecule has 0 spiro atoms. The molecule has 8 heteroatoms. The lowest BCUT2D eigenvalue weighted by Crippen LogP contribution is -2.22. The number of pyridine rings is 1. The van der Waals surface area contributed by atoms with E-state index < -0.39 is 11.7 Å². The molecule has 3 N–H and O–H groups in total. The van der Waals surface area contributed by atoms with Gasteiger partial charge < -0.3 is 11.1 Å². The zero-order valence-electron chi connectivity index (χ0n) is 13.4. The SMILES string of the molecule is Nc1cccc(-c2ccc(C(=O)NCc3cccc(C(F)(F)F)c3)s2)n1. The number of carbonyl (C=O) groups is 1. The van der Waals surface area contributed by atoms with Gasteiger partial charge in [0.15, 0.2) is 0 Å². The molecule has 26 heavy (non-hydrogen) atoms. The minimum Gasteiger partial charge on any atom is -0.384 e. The first-order valence-electron chi connectivity index (χ1n) is 7.60. The highest BCUT2D eigenvalue weighted by Crippen LogP contribution is 2.30. The fraction of sp³-hybridized carbons (Fsp3) is 0.111. The van der Waals surface area contributed by atoms with Crippen molar-refractivity contribution in [2.45, 2.75) is 12.7 Å². The first-order chi connectivity index (χ1) is 12.3. The maximum Gasteiger partial charge on any atom is 0.416 e. The molecule has 0 aliphatic heterocycles. The molecule has 0 saturated heterocycles. The largest absolute Gasteiger partial charge is 0.416 e. The Labute approximate surface area is 151 Å². The van der Waals surface area contributed by atoms with E-state index in [9.17, 15) is 18.0 Å². The molecule has 0 bridgehead atoms. The molecule has 3 aromatic rings. The molecule has 2 aromatic heterocycles. The minimum atomic E-state index is -4.41. The standard InChI is InChI=1S/C18H14F3N3OS/c19-18(20,21)12-4-1-3-11(9-12)10-23-17(25)15-8-7-14(26-15)13-5-2-6-16(22)24-13/h1-9H,10H2,(H2,22,24)(H,23,25). The van der Waals surface area contributed by atoms with Gasteiger partial charge in [-0.1, -0.05) is 18.2 Å². The Bertz CT molecular complexity index is 937. The molecule has 3 rings (SSSR count). The second-order valence-corrected chi connectivity index (χ2v) is 6.58. The Morgan fingerprint density at radius 1 is 1.12 bits per heavy atom. The Hall–Kier alpha value is -2.87. The van der Waals surface area contributed by atoms with E-state index in [0.717, 1.165) is 17.0 Å². The summed E-state index contributed by atoms with van der Waals surface area (Å²) < 4.78 is 38.2. The molecule has 0 fully saturated rings. The second-order valence-electron chi connectivity index (χ2n) is 5.49. The van der Waals surface area contributed by atoms with E-state index >= 15 is 0 Å². The van der Waals surface area contributed by atoms with Crippen molar-refractivity contribution in [1.82, 2.24) is 10.3 Å². The molecule has 4 nitrogen and oxygen atoms in total. The lowest BCUT2D eigenvalue weighted by atomic mass is 10.1. The fourth-order valence-corrected chi connectivity index (χ4v) is 3.21. The van der Waals surface area contributed by atoms with E-state index in [-0.39, 0.29) is 12.5 Å². The van der Waals surface area contributed by atoms with Crippen LogP contribution in [0.4, 0.5) is 19.0 Å². The Morgan fingerprint density at radius 2 is 1.88 bits per heavy atom. The Kier molecular flexibility index (Phi) is 4.94. The van der Waals surface area contributed by atoms with E-state index in [1.54, 1.807) is 30.3 Å². The van der Waals surface area contributed by atoms with Crippen LogP contribution in [0.25, 0.3) is 10.6 Å². The molecule has 0 atom stereocenters. The third-order valence-electron chi connectivity index (χ3n) is 3.56. The highest BCUT2D eigenvalue weighted by Gasteiger charge is 2.30. The summed E-state index contributed by atoms with van der Waals surface area (Å²) in [4.78, 5) is 17.7. The van der Waals surface area contributed by atoms with Gasteiger partial charge in [0.2, 0.25) is 0 Å². The maximum absolute atomic E-state index is 12.7. The van der Waals surface area contributed by atoms with Gasteiger partial charge in [0.25, 0.3) is 5.91 Å². The number of anilines is 1. The average molecular weight is 377 g/mol. The van der Waals surface area contributed by atoms with E-state index in [1.165, 1.54) is 23.5 Å². The van der Waals surface area contributed by atoms with Crippen LogP contribution in [0, 0.1) is 0 Å². The molecule has 0 unspecified atom stereocenters. The molecule has 0 radical (unpaired) electrons. The van der Waals surface area contributed by atoms with Crippen molar-refractivity contribution in [3.63, 3.8) is 0 Å². The van der Waals surface area contributed by atoms with Gasteiger partial charge in [-0.3, -0.25) is 4.79 Å². The van der Waals surface area contributed by atoms with Crippen LogP contribution in [-0.4, -0.2) is 10.9 Å². The van der Waals surface area contributed by atoms with Crippen LogP contribution in [0.2, 0.25) is 0 Å². The number of rotatable bonds is 4. The van der Waals surface area contributed by atoms with Gasteiger partial charge in [0, 0.05) is 6.54 Å². The number of nitrogen functional groups attached to an aromatic ring is 1. The molecule has 134 valence electrons. The van der Waals surface area contributed by atoms with Crippen LogP contribution in [0.3, 0.4) is 0 Å². The normalized spacial score (nSPS) is 11.3. The summed E-state index contributed by atoms with van der Waals surface area (Å²) in [5.74, 6) is 0.0222. The highest BCUT2D eigenvalue weighted by molar-refractivity contribution is 7.17. The van der Waals surface area contributed by atoms with Crippen molar-refractivity contribution in [2.75, 3.05) is 5.73 Å². The number of thiophene rings is 1. The summed E-state index contributed by atoms with van der Waals surface area (Å²) >= 11 is 1.24. The number of alkyl halides is 3. The fourth-order valence-electron chi connectivity index (χ4n) is 2.31. The van der Waals surface area contributed by atoms with Crippen molar-refractivity contribution in [3.8, 4) is 10.6 Å². The summed E-state index contributed by atoms with van der Waals surface area (Å²) in [6.07, 6.45) is -4.41. The van der Waals surface area contributed by atoms with Crippen LogP contribution in [0.1, 0.15) is 20.8 Å². The molecular formula is C18H14F3N3OS. The number of benzene rings is 1. The predicted molar refractivity (Wildman–Crippen MR) is 94.6 cm³/mol. The zero-order valence-corrected chi connectivity index (χ0v) is 14.2. The number of amides is 1. The molecule has 1 amide bonds. The van der Waals surface area contributed by atoms with Crippen LogP contribution in [-0.2, 0) is 12.7 Å². The van der Waals surface area contributed by atoms with Gasteiger partial charge in [-0.05, 0) is 42.0 Å². The van der Waals surface area contributed by atoms with Gasteiger partial charge in [-0.25, -0.2) is 4.98 Å². The summed E-state index contributed by atoms with van der Waals surface area (Å²) in [5.41, 5.74) is 5.95. The van der Waals surface area contributed by atoms with Crippen molar-refractivity contribution < 1.29 is 18.0 Å². The smallest absolute Gasteiger partial charge is 0.384 e. The third-order valence-corrected chi connectivity index (χ3v) is 4.67. The van der Waals surface area contributed by atoms with Crippen LogP contribution in [0.5, 0.6) is 0 Å². The van der Waals surface area contributed by atoms with Gasteiger partial charge in [0.05, 0.1) is 21.0 Å². The number of nitrogens with two attached hydrogens (primary N) is 1. The molecule has 0 aliphatic rings. The van der Waals surface area contributed by atoms with Crippen LogP contribution in [0.15, 0.2) is 54.6 Å². The third kappa shape index (κ3) is 4.20. The highest BCUT2D eigenvalue weighted by atomic mass is 32.1. The monoisotopic (exact) mass is 377 g/mol. The van der Waals surface area contributed by atoms with Crippen LogP contribution < -0.4 is 11.1 Å². The van der Waals surface area contributed by atoms with Gasteiger partial charge in [-0.2, -0.15) is 13.2 Å².